The molecule has 0 radical (unpaired) electrons. The van der Waals surface area contributed by atoms with Crippen LogP contribution in [0, 0.1) is 11.8 Å². The molecule has 4 rings (SSSR count). The van der Waals surface area contributed by atoms with Crippen molar-refractivity contribution >= 4 is 35.0 Å². The minimum atomic E-state index is -0.387. The van der Waals surface area contributed by atoms with Crippen LogP contribution in [-0.4, -0.2) is 29.2 Å². The van der Waals surface area contributed by atoms with Crippen molar-refractivity contribution in [2.24, 2.45) is 11.8 Å². The van der Waals surface area contributed by atoms with Crippen LogP contribution in [0.5, 0.6) is 0 Å². The van der Waals surface area contributed by atoms with Crippen molar-refractivity contribution in [2.45, 2.75) is 25.2 Å². The summed E-state index contributed by atoms with van der Waals surface area (Å²) >= 11 is 5.84. The fourth-order valence-electron chi connectivity index (χ4n) is 4.31. The average Bonchev–Trinajstić information content (AvgIpc) is 2.95. The molecule has 0 bridgehead atoms. The van der Waals surface area contributed by atoms with E-state index in [4.69, 9.17) is 11.6 Å². The third-order valence-electron chi connectivity index (χ3n) is 5.72. The lowest BCUT2D eigenvalue weighted by Gasteiger charge is -2.28. The van der Waals surface area contributed by atoms with Gasteiger partial charge in [0.1, 0.15) is 6.54 Å². The molecule has 1 aliphatic carbocycles. The molecule has 1 N–H and O–H groups in total. The highest BCUT2D eigenvalue weighted by atomic mass is 35.5. The van der Waals surface area contributed by atoms with Crippen LogP contribution in [0.1, 0.15) is 30.7 Å². The number of nitrogens with zero attached hydrogens (tertiary/aromatic N) is 1. The number of halogens is 1. The van der Waals surface area contributed by atoms with Gasteiger partial charge in [-0.15, -0.1) is 0 Å². The summed E-state index contributed by atoms with van der Waals surface area (Å²) in [7, 11) is 0. The number of hydrogen-bond donors (Lipinski definition) is 1. The first-order valence-corrected chi connectivity index (χ1v) is 9.86. The molecular formula is C22H21ClN2O3. The van der Waals surface area contributed by atoms with Crippen molar-refractivity contribution in [1.29, 1.82) is 0 Å². The first kappa shape index (κ1) is 18.7. The second-order valence-corrected chi connectivity index (χ2v) is 7.89. The summed E-state index contributed by atoms with van der Waals surface area (Å²) in [5.74, 6) is -1.16. The zero-order valence-electron chi connectivity index (χ0n) is 15.3. The normalized spacial score (nSPS) is 24.2. The molecule has 144 valence electrons. The summed E-state index contributed by atoms with van der Waals surface area (Å²) in [4.78, 5) is 39.1. The maximum absolute atomic E-state index is 12.9. The van der Waals surface area contributed by atoms with Crippen molar-refractivity contribution in [3.05, 3.63) is 65.2 Å². The zero-order valence-corrected chi connectivity index (χ0v) is 16.1. The fourth-order valence-corrected chi connectivity index (χ4v) is 4.44. The molecule has 0 unspecified atom stereocenters. The van der Waals surface area contributed by atoms with E-state index in [-0.39, 0.29) is 42.0 Å². The lowest BCUT2D eigenvalue weighted by atomic mass is 9.73. The van der Waals surface area contributed by atoms with E-state index >= 15 is 0 Å². The Morgan fingerprint density at radius 1 is 0.964 bits per heavy atom. The summed E-state index contributed by atoms with van der Waals surface area (Å²) in [6.07, 6.45) is 2.23. The van der Waals surface area contributed by atoms with Gasteiger partial charge in [0.15, 0.2) is 0 Å². The molecule has 2 aliphatic rings. The molecule has 3 amide bonds. The van der Waals surface area contributed by atoms with Crippen molar-refractivity contribution in [1.82, 2.24) is 4.90 Å². The van der Waals surface area contributed by atoms with Gasteiger partial charge in [0.25, 0.3) is 0 Å². The topological polar surface area (TPSA) is 66.5 Å². The van der Waals surface area contributed by atoms with Crippen molar-refractivity contribution in [3.8, 4) is 0 Å². The molecule has 1 heterocycles. The number of fused-ring (bicyclic) bond motifs is 1. The molecular weight excluding hydrogens is 376 g/mol. The van der Waals surface area contributed by atoms with Crippen LogP contribution in [-0.2, 0) is 14.4 Å². The Labute approximate surface area is 168 Å². The Bertz CT molecular complexity index is 898. The maximum Gasteiger partial charge on any atom is 0.244 e. The average molecular weight is 397 g/mol. The van der Waals surface area contributed by atoms with E-state index < -0.39 is 0 Å². The van der Waals surface area contributed by atoms with Crippen LogP contribution in [0.25, 0.3) is 0 Å². The number of benzene rings is 2. The first-order valence-electron chi connectivity index (χ1n) is 9.48. The number of imide groups is 1. The van der Waals surface area contributed by atoms with Crippen molar-refractivity contribution in [3.63, 3.8) is 0 Å². The molecule has 1 saturated heterocycles. The van der Waals surface area contributed by atoms with Crippen LogP contribution in [0.4, 0.5) is 5.69 Å². The monoisotopic (exact) mass is 396 g/mol. The van der Waals surface area contributed by atoms with Crippen molar-refractivity contribution < 1.29 is 14.4 Å². The molecule has 1 aliphatic heterocycles. The number of likely N-dealkylation sites (tertiary alicyclic amines) is 1. The molecule has 5 nitrogen and oxygen atoms in total. The van der Waals surface area contributed by atoms with Crippen LogP contribution in [0.15, 0.2) is 54.6 Å². The van der Waals surface area contributed by atoms with E-state index in [0.717, 1.165) is 11.3 Å². The fraction of sp³-hybridized carbons (Fsp3) is 0.318. The number of carbonyl (C=O) groups is 3. The smallest absolute Gasteiger partial charge is 0.244 e. The Morgan fingerprint density at radius 2 is 1.64 bits per heavy atom. The molecule has 0 aromatic heterocycles. The van der Waals surface area contributed by atoms with Crippen LogP contribution in [0.2, 0.25) is 5.02 Å². The van der Waals surface area contributed by atoms with Gasteiger partial charge in [-0.3, -0.25) is 19.3 Å². The summed E-state index contributed by atoms with van der Waals surface area (Å²) in [5.41, 5.74) is 1.79. The Kier molecular flexibility index (Phi) is 5.18. The van der Waals surface area contributed by atoms with E-state index in [1.165, 1.54) is 5.56 Å². The third kappa shape index (κ3) is 3.67. The number of hydrogen-bond acceptors (Lipinski definition) is 3. The first-order chi connectivity index (χ1) is 13.5. The van der Waals surface area contributed by atoms with Gasteiger partial charge in [-0.25, -0.2) is 0 Å². The predicted molar refractivity (Wildman–Crippen MR) is 107 cm³/mol. The van der Waals surface area contributed by atoms with Gasteiger partial charge in [0, 0.05) is 10.7 Å². The van der Waals surface area contributed by atoms with Gasteiger partial charge in [-0.2, -0.15) is 0 Å². The largest absolute Gasteiger partial charge is 0.325 e. The van der Waals surface area contributed by atoms with Crippen LogP contribution in [0.3, 0.4) is 0 Å². The highest BCUT2D eigenvalue weighted by Crippen LogP contribution is 2.44. The summed E-state index contributed by atoms with van der Waals surface area (Å²) in [6.45, 7) is -0.247. The summed E-state index contributed by atoms with van der Waals surface area (Å²) in [6, 6.07) is 16.8. The van der Waals surface area contributed by atoms with Gasteiger partial charge in [0.2, 0.25) is 17.7 Å². The van der Waals surface area contributed by atoms with E-state index in [2.05, 4.69) is 17.4 Å². The van der Waals surface area contributed by atoms with E-state index in [0.29, 0.717) is 23.6 Å². The maximum atomic E-state index is 12.9. The second-order valence-electron chi connectivity index (χ2n) is 7.45. The quantitative estimate of drug-likeness (QED) is 0.798. The minimum Gasteiger partial charge on any atom is -0.325 e. The van der Waals surface area contributed by atoms with Crippen LogP contribution < -0.4 is 5.32 Å². The summed E-state index contributed by atoms with van der Waals surface area (Å²) < 4.78 is 0. The molecule has 3 atom stereocenters. The SMILES string of the molecule is O=C(CN1C(=O)[C@H]2CC[C@@H](c3ccccc3)C[C@H]2C1=O)Nc1ccc(Cl)cc1. The third-order valence-corrected chi connectivity index (χ3v) is 5.97. The zero-order chi connectivity index (χ0) is 19.7. The molecule has 1 saturated carbocycles. The lowest BCUT2D eigenvalue weighted by molar-refractivity contribution is -0.142. The number of nitrogens with one attached hydrogen (secondary N) is 1. The Morgan fingerprint density at radius 3 is 2.36 bits per heavy atom. The minimum absolute atomic E-state index is 0.215. The Hall–Kier alpha value is -2.66. The Balaban J connectivity index is 1.42. The van der Waals surface area contributed by atoms with E-state index in [9.17, 15) is 14.4 Å². The van der Waals surface area contributed by atoms with Gasteiger partial charge in [-0.1, -0.05) is 41.9 Å². The number of carbonyl (C=O) groups excluding carboxylic acids is 3. The standard InChI is InChI=1S/C22H21ClN2O3/c23-16-7-9-17(10-8-16)24-20(26)13-25-21(27)18-11-6-15(12-19(18)22(25)28)14-4-2-1-3-5-14/h1-5,7-10,15,18-19H,6,11-13H2,(H,24,26)/t15-,18+,19-/m1/s1. The van der Waals surface area contributed by atoms with Crippen molar-refractivity contribution in [2.75, 3.05) is 11.9 Å². The highest BCUT2D eigenvalue weighted by Gasteiger charge is 2.50. The summed E-state index contributed by atoms with van der Waals surface area (Å²) in [5, 5.41) is 3.28. The number of rotatable bonds is 4. The van der Waals surface area contributed by atoms with Crippen LogP contribution >= 0.6 is 11.6 Å². The number of anilines is 1. The van der Waals surface area contributed by atoms with Gasteiger partial charge >= 0.3 is 0 Å². The second kappa shape index (κ2) is 7.76. The highest BCUT2D eigenvalue weighted by molar-refractivity contribution is 6.30. The van der Waals surface area contributed by atoms with E-state index in [1.807, 2.05) is 18.2 Å². The van der Waals surface area contributed by atoms with E-state index in [1.54, 1.807) is 24.3 Å². The molecule has 6 heteroatoms. The van der Waals surface area contributed by atoms with Gasteiger partial charge in [0.05, 0.1) is 11.8 Å². The molecule has 2 aromatic rings. The molecule has 2 aromatic carbocycles. The van der Waals surface area contributed by atoms with Gasteiger partial charge < -0.3 is 5.32 Å². The molecule has 0 spiro atoms. The number of amides is 3. The molecule has 28 heavy (non-hydrogen) atoms. The lowest BCUT2D eigenvalue weighted by Crippen LogP contribution is -2.38. The predicted octanol–water partition coefficient (Wildman–Crippen LogP) is 3.85. The molecule has 2 fully saturated rings. The van der Waals surface area contributed by atoms with Gasteiger partial charge in [-0.05, 0) is 55.0 Å².